The summed E-state index contributed by atoms with van der Waals surface area (Å²) in [4.78, 5) is 11.1. The van der Waals surface area contributed by atoms with Crippen LogP contribution in [0, 0.1) is 0 Å². The molecule has 6 heteroatoms. The minimum absolute atomic E-state index is 0.201. The molecule has 1 saturated heterocycles. The zero-order chi connectivity index (χ0) is 13.9. The SMILES string of the molecule is CCc1noc(-c2cccnc2N2CCCC(N)C2)n1. The quantitative estimate of drug-likeness (QED) is 0.915. The van der Waals surface area contributed by atoms with Crippen LogP contribution in [0.15, 0.2) is 22.9 Å². The van der Waals surface area contributed by atoms with Crippen molar-refractivity contribution in [2.24, 2.45) is 5.73 Å². The molecule has 3 heterocycles. The Kier molecular flexibility index (Phi) is 3.64. The van der Waals surface area contributed by atoms with Crippen molar-refractivity contribution < 1.29 is 4.52 Å². The van der Waals surface area contributed by atoms with E-state index in [1.807, 2.05) is 19.1 Å². The lowest BCUT2D eigenvalue weighted by atomic mass is 10.1. The fraction of sp³-hybridized carbons (Fsp3) is 0.500. The molecule has 0 spiro atoms. The van der Waals surface area contributed by atoms with E-state index in [0.717, 1.165) is 43.7 Å². The smallest absolute Gasteiger partial charge is 0.261 e. The first-order chi connectivity index (χ1) is 9.78. The van der Waals surface area contributed by atoms with Crippen molar-refractivity contribution in [1.29, 1.82) is 0 Å². The van der Waals surface area contributed by atoms with Crippen LogP contribution in [0.5, 0.6) is 0 Å². The van der Waals surface area contributed by atoms with Crippen molar-refractivity contribution in [2.45, 2.75) is 32.2 Å². The monoisotopic (exact) mass is 273 g/mol. The summed E-state index contributed by atoms with van der Waals surface area (Å²) in [6.45, 7) is 3.79. The highest BCUT2D eigenvalue weighted by Crippen LogP contribution is 2.29. The van der Waals surface area contributed by atoms with Crippen LogP contribution in [0.4, 0.5) is 5.82 Å². The lowest BCUT2D eigenvalue weighted by Gasteiger charge is -2.32. The summed E-state index contributed by atoms with van der Waals surface area (Å²) in [5, 5.41) is 3.96. The number of rotatable bonds is 3. The van der Waals surface area contributed by atoms with Gasteiger partial charge in [-0.2, -0.15) is 4.98 Å². The van der Waals surface area contributed by atoms with E-state index in [2.05, 4.69) is 20.0 Å². The van der Waals surface area contributed by atoms with Crippen molar-refractivity contribution in [3.8, 4) is 11.5 Å². The van der Waals surface area contributed by atoms with Crippen molar-refractivity contribution >= 4 is 5.82 Å². The van der Waals surface area contributed by atoms with E-state index in [0.29, 0.717) is 11.7 Å². The number of hydrogen-bond donors (Lipinski definition) is 1. The summed E-state index contributed by atoms with van der Waals surface area (Å²) < 4.78 is 5.34. The first-order valence-corrected chi connectivity index (χ1v) is 7.06. The highest BCUT2D eigenvalue weighted by Gasteiger charge is 2.22. The van der Waals surface area contributed by atoms with Gasteiger partial charge in [-0.25, -0.2) is 4.98 Å². The Morgan fingerprint density at radius 2 is 2.40 bits per heavy atom. The summed E-state index contributed by atoms with van der Waals surface area (Å²) in [6, 6.07) is 4.06. The molecule has 2 aromatic heterocycles. The van der Waals surface area contributed by atoms with Crippen LogP contribution in [0.3, 0.4) is 0 Å². The number of aromatic nitrogens is 3. The first kappa shape index (κ1) is 13.1. The van der Waals surface area contributed by atoms with Crippen LogP contribution in [-0.4, -0.2) is 34.3 Å². The predicted octanol–water partition coefficient (Wildman–Crippen LogP) is 1.62. The molecule has 1 aliphatic heterocycles. The number of anilines is 1. The van der Waals surface area contributed by atoms with Gasteiger partial charge in [-0.15, -0.1) is 0 Å². The van der Waals surface area contributed by atoms with Crippen LogP contribution in [0.1, 0.15) is 25.6 Å². The summed E-state index contributed by atoms with van der Waals surface area (Å²) in [5.41, 5.74) is 6.94. The Labute approximate surface area is 118 Å². The maximum atomic E-state index is 6.06. The number of nitrogens with zero attached hydrogens (tertiary/aromatic N) is 4. The predicted molar refractivity (Wildman–Crippen MR) is 76.3 cm³/mol. The summed E-state index contributed by atoms with van der Waals surface area (Å²) in [7, 11) is 0. The first-order valence-electron chi connectivity index (χ1n) is 7.06. The van der Waals surface area contributed by atoms with E-state index in [1.165, 1.54) is 0 Å². The fourth-order valence-electron chi connectivity index (χ4n) is 2.53. The van der Waals surface area contributed by atoms with Crippen LogP contribution in [0.25, 0.3) is 11.5 Å². The van der Waals surface area contributed by atoms with Gasteiger partial charge in [0, 0.05) is 31.7 Å². The molecule has 0 aliphatic carbocycles. The van der Waals surface area contributed by atoms with Gasteiger partial charge in [-0.3, -0.25) is 0 Å². The van der Waals surface area contributed by atoms with E-state index < -0.39 is 0 Å². The number of aryl methyl sites for hydroxylation is 1. The van der Waals surface area contributed by atoms with Crippen molar-refractivity contribution in [2.75, 3.05) is 18.0 Å². The molecule has 1 unspecified atom stereocenters. The van der Waals surface area contributed by atoms with Gasteiger partial charge in [0.1, 0.15) is 5.82 Å². The average Bonchev–Trinajstić information content (AvgIpc) is 2.96. The van der Waals surface area contributed by atoms with Crippen LogP contribution < -0.4 is 10.6 Å². The average molecular weight is 273 g/mol. The molecule has 1 aliphatic rings. The molecule has 0 aromatic carbocycles. The molecular formula is C14H19N5O. The highest BCUT2D eigenvalue weighted by atomic mass is 16.5. The Morgan fingerprint density at radius 1 is 1.50 bits per heavy atom. The van der Waals surface area contributed by atoms with Crippen molar-refractivity contribution in [3.05, 3.63) is 24.2 Å². The van der Waals surface area contributed by atoms with Gasteiger partial charge >= 0.3 is 0 Å². The highest BCUT2D eigenvalue weighted by molar-refractivity contribution is 5.69. The third kappa shape index (κ3) is 2.51. The third-order valence-electron chi connectivity index (χ3n) is 3.56. The van der Waals surface area contributed by atoms with Gasteiger partial charge in [0.15, 0.2) is 5.82 Å². The molecule has 0 amide bonds. The third-order valence-corrected chi connectivity index (χ3v) is 3.56. The molecule has 0 bridgehead atoms. The number of pyridine rings is 1. The second kappa shape index (κ2) is 5.58. The molecule has 3 rings (SSSR count). The molecule has 1 atom stereocenters. The van der Waals surface area contributed by atoms with Crippen LogP contribution >= 0.6 is 0 Å². The van der Waals surface area contributed by atoms with Gasteiger partial charge in [0.05, 0.1) is 5.56 Å². The van der Waals surface area contributed by atoms with Crippen LogP contribution in [-0.2, 0) is 6.42 Å². The molecule has 0 saturated carbocycles. The maximum Gasteiger partial charge on any atom is 0.261 e. The van der Waals surface area contributed by atoms with Crippen molar-refractivity contribution in [3.63, 3.8) is 0 Å². The Bertz CT molecular complexity index is 582. The Morgan fingerprint density at radius 3 is 3.15 bits per heavy atom. The van der Waals surface area contributed by atoms with Gasteiger partial charge < -0.3 is 15.2 Å². The topological polar surface area (TPSA) is 81.1 Å². The Hall–Kier alpha value is -1.95. The molecule has 2 aromatic rings. The molecule has 1 fully saturated rings. The van der Waals surface area contributed by atoms with Crippen LogP contribution in [0.2, 0.25) is 0 Å². The number of hydrogen-bond acceptors (Lipinski definition) is 6. The van der Waals surface area contributed by atoms with E-state index in [9.17, 15) is 0 Å². The zero-order valence-electron chi connectivity index (χ0n) is 11.6. The van der Waals surface area contributed by atoms with E-state index in [-0.39, 0.29) is 6.04 Å². The largest absolute Gasteiger partial charge is 0.354 e. The normalized spacial score (nSPS) is 19.3. The minimum Gasteiger partial charge on any atom is -0.354 e. The van der Waals surface area contributed by atoms with Crippen molar-refractivity contribution in [1.82, 2.24) is 15.1 Å². The Balaban J connectivity index is 1.95. The maximum absolute atomic E-state index is 6.06. The van der Waals surface area contributed by atoms with Gasteiger partial charge in [-0.05, 0) is 25.0 Å². The van der Waals surface area contributed by atoms with E-state index in [1.54, 1.807) is 6.20 Å². The second-order valence-electron chi connectivity index (χ2n) is 5.09. The molecule has 20 heavy (non-hydrogen) atoms. The van der Waals surface area contributed by atoms with E-state index in [4.69, 9.17) is 10.3 Å². The van der Waals surface area contributed by atoms with Gasteiger partial charge in [-0.1, -0.05) is 12.1 Å². The minimum atomic E-state index is 0.201. The molecule has 6 nitrogen and oxygen atoms in total. The summed E-state index contributed by atoms with van der Waals surface area (Å²) in [5.74, 6) is 2.13. The molecule has 0 radical (unpaired) electrons. The summed E-state index contributed by atoms with van der Waals surface area (Å²) in [6.07, 6.45) is 4.70. The van der Waals surface area contributed by atoms with Gasteiger partial charge in [0.2, 0.25) is 0 Å². The lowest BCUT2D eigenvalue weighted by molar-refractivity contribution is 0.422. The molecule has 2 N–H and O–H groups in total. The van der Waals surface area contributed by atoms with Gasteiger partial charge in [0.25, 0.3) is 5.89 Å². The number of nitrogens with two attached hydrogens (primary N) is 1. The summed E-state index contributed by atoms with van der Waals surface area (Å²) >= 11 is 0. The lowest BCUT2D eigenvalue weighted by Crippen LogP contribution is -2.43. The fourth-order valence-corrected chi connectivity index (χ4v) is 2.53. The molecule has 106 valence electrons. The standard InChI is InChI=1S/C14H19N5O/c1-2-12-17-14(20-18-12)11-6-3-7-16-13(11)19-8-4-5-10(15)9-19/h3,6-7,10H,2,4-5,8-9,15H2,1H3. The van der Waals surface area contributed by atoms with E-state index >= 15 is 0 Å². The number of piperidine rings is 1. The molecular weight excluding hydrogens is 254 g/mol. The zero-order valence-corrected chi connectivity index (χ0v) is 11.6. The second-order valence-corrected chi connectivity index (χ2v) is 5.09.